The van der Waals surface area contributed by atoms with Gasteiger partial charge in [-0.25, -0.2) is 0 Å². The van der Waals surface area contributed by atoms with E-state index in [4.69, 9.17) is 4.42 Å². The molecule has 3 aromatic rings. The molecule has 0 unspecified atom stereocenters. The number of carbonyl (C=O) groups is 2. The van der Waals surface area contributed by atoms with Gasteiger partial charge in [-0.15, -0.1) is 5.10 Å². The Morgan fingerprint density at radius 1 is 1.00 bits per heavy atom. The first-order valence-corrected chi connectivity index (χ1v) is 8.95. The molecule has 2 N–H and O–H groups in total. The number of nitro benzene ring substituents is 1. The Labute approximate surface area is 171 Å². The number of aromatic nitrogens is 2. The van der Waals surface area contributed by atoms with Crippen LogP contribution in [0.4, 0.5) is 17.4 Å². The third-order valence-electron chi connectivity index (χ3n) is 4.07. The first-order valence-electron chi connectivity index (χ1n) is 8.95. The highest BCUT2D eigenvalue weighted by molar-refractivity contribution is 6.09. The fourth-order valence-corrected chi connectivity index (χ4v) is 2.38. The number of para-hydroxylation sites is 1. The van der Waals surface area contributed by atoms with E-state index in [-0.39, 0.29) is 29.1 Å². The van der Waals surface area contributed by atoms with Crippen molar-refractivity contribution < 1.29 is 18.9 Å². The molecule has 1 heterocycles. The van der Waals surface area contributed by atoms with E-state index < -0.39 is 16.2 Å². The third kappa shape index (κ3) is 4.66. The summed E-state index contributed by atoms with van der Waals surface area (Å²) < 4.78 is 5.43. The molecule has 154 valence electrons. The Bertz CT molecular complexity index is 1100. The van der Waals surface area contributed by atoms with E-state index in [2.05, 4.69) is 20.8 Å². The summed E-state index contributed by atoms with van der Waals surface area (Å²) in [5.41, 5.74) is 0.345. The number of nitrogens with one attached hydrogen (secondary N) is 2. The second-order valence-electron chi connectivity index (χ2n) is 7.42. The number of hydrogen-bond donors (Lipinski definition) is 2. The normalized spacial score (nSPS) is 11.0. The van der Waals surface area contributed by atoms with Crippen molar-refractivity contribution >= 4 is 29.2 Å². The molecule has 0 atom stereocenters. The van der Waals surface area contributed by atoms with Crippen LogP contribution in [0.15, 0.2) is 52.9 Å². The van der Waals surface area contributed by atoms with Crippen LogP contribution in [-0.4, -0.2) is 26.9 Å². The average molecular weight is 409 g/mol. The number of anilines is 2. The lowest BCUT2D eigenvalue weighted by molar-refractivity contribution is -0.384. The lowest BCUT2D eigenvalue weighted by atomic mass is 9.95. The van der Waals surface area contributed by atoms with Crippen molar-refractivity contribution in [1.29, 1.82) is 0 Å². The van der Waals surface area contributed by atoms with Crippen molar-refractivity contribution in [2.24, 2.45) is 5.41 Å². The Kier molecular flexibility index (Phi) is 5.58. The van der Waals surface area contributed by atoms with Gasteiger partial charge in [0.15, 0.2) is 0 Å². The van der Waals surface area contributed by atoms with E-state index in [1.165, 1.54) is 24.3 Å². The summed E-state index contributed by atoms with van der Waals surface area (Å²) in [5.74, 6) is -0.686. The summed E-state index contributed by atoms with van der Waals surface area (Å²) in [7, 11) is 0. The predicted molar refractivity (Wildman–Crippen MR) is 109 cm³/mol. The van der Waals surface area contributed by atoms with Gasteiger partial charge in [-0.2, -0.15) is 0 Å². The van der Waals surface area contributed by atoms with Crippen LogP contribution < -0.4 is 10.6 Å². The highest BCUT2D eigenvalue weighted by Crippen LogP contribution is 2.24. The quantitative estimate of drug-likeness (QED) is 0.481. The average Bonchev–Trinajstić information content (AvgIpc) is 3.16. The molecule has 3 rings (SSSR count). The van der Waals surface area contributed by atoms with Crippen molar-refractivity contribution in [1.82, 2.24) is 10.2 Å². The molecule has 0 radical (unpaired) electrons. The zero-order valence-electron chi connectivity index (χ0n) is 16.5. The van der Waals surface area contributed by atoms with Gasteiger partial charge in [0.1, 0.15) is 0 Å². The van der Waals surface area contributed by atoms with Crippen molar-refractivity contribution in [2.45, 2.75) is 20.8 Å². The van der Waals surface area contributed by atoms with Crippen LogP contribution in [0.25, 0.3) is 11.5 Å². The number of amides is 2. The molecule has 0 aliphatic rings. The van der Waals surface area contributed by atoms with Gasteiger partial charge < -0.3 is 9.73 Å². The first kappa shape index (κ1) is 20.6. The summed E-state index contributed by atoms with van der Waals surface area (Å²) in [6, 6.07) is 12.0. The SMILES string of the molecule is CC(C)(C)C(=O)Nc1ccccc1C(=O)Nc1nnc(-c2ccc([N+](=O)[O-])cc2)o1. The maximum atomic E-state index is 12.7. The number of benzene rings is 2. The molecule has 2 aromatic carbocycles. The molecule has 30 heavy (non-hydrogen) atoms. The van der Waals surface area contributed by atoms with Crippen LogP contribution in [0.3, 0.4) is 0 Å². The predicted octanol–water partition coefficient (Wildman–Crippen LogP) is 3.88. The van der Waals surface area contributed by atoms with Crippen LogP contribution in [0.2, 0.25) is 0 Å². The minimum Gasteiger partial charge on any atom is -0.403 e. The van der Waals surface area contributed by atoms with Crippen molar-refractivity contribution in [3.63, 3.8) is 0 Å². The Morgan fingerprint density at radius 2 is 1.67 bits per heavy atom. The lowest BCUT2D eigenvalue weighted by Gasteiger charge is -2.19. The zero-order chi connectivity index (χ0) is 21.9. The van der Waals surface area contributed by atoms with Crippen molar-refractivity contribution in [3.8, 4) is 11.5 Å². The zero-order valence-corrected chi connectivity index (χ0v) is 16.5. The number of nitro groups is 1. The molecule has 1 aromatic heterocycles. The van der Waals surface area contributed by atoms with E-state index in [1.807, 2.05) is 0 Å². The molecule has 2 amide bonds. The fraction of sp³-hybridized carbons (Fsp3) is 0.200. The largest absolute Gasteiger partial charge is 0.403 e. The number of non-ortho nitro benzene ring substituents is 1. The van der Waals surface area contributed by atoms with Gasteiger partial charge in [0, 0.05) is 23.1 Å². The van der Waals surface area contributed by atoms with Gasteiger partial charge in [-0.05, 0) is 24.3 Å². The molecule has 10 nitrogen and oxygen atoms in total. The second kappa shape index (κ2) is 8.11. The highest BCUT2D eigenvalue weighted by atomic mass is 16.6. The minimum atomic E-state index is -0.629. The summed E-state index contributed by atoms with van der Waals surface area (Å²) in [5, 5.41) is 23.6. The Balaban J connectivity index is 1.76. The van der Waals surface area contributed by atoms with Crippen LogP contribution in [-0.2, 0) is 4.79 Å². The van der Waals surface area contributed by atoms with E-state index in [0.717, 1.165) is 0 Å². The second-order valence-corrected chi connectivity index (χ2v) is 7.42. The fourth-order valence-electron chi connectivity index (χ4n) is 2.38. The lowest BCUT2D eigenvalue weighted by Crippen LogP contribution is -2.28. The maximum absolute atomic E-state index is 12.7. The van der Waals surface area contributed by atoms with Crippen LogP contribution >= 0.6 is 0 Å². The maximum Gasteiger partial charge on any atom is 0.322 e. The van der Waals surface area contributed by atoms with Gasteiger partial charge >= 0.3 is 6.01 Å². The first-order chi connectivity index (χ1) is 14.1. The number of nitrogens with zero attached hydrogens (tertiary/aromatic N) is 3. The van der Waals surface area contributed by atoms with Crippen LogP contribution in [0.1, 0.15) is 31.1 Å². The van der Waals surface area contributed by atoms with Gasteiger partial charge in [0.25, 0.3) is 11.6 Å². The van der Waals surface area contributed by atoms with E-state index in [0.29, 0.717) is 11.3 Å². The summed E-state index contributed by atoms with van der Waals surface area (Å²) >= 11 is 0. The smallest absolute Gasteiger partial charge is 0.322 e. The van der Waals surface area contributed by atoms with Gasteiger partial charge in [-0.1, -0.05) is 38.0 Å². The monoisotopic (exact) mass is 409 g/mol. The molecule has 0 fully saturated rings. The topological polar surface area (TPSA) is 140 Å². The molecule has 0 saturated heterocycles. The van der Waals surface area contributed by atoms with E-state index in [1.54, 1.807) is 45.0 Å². The van der Waals surface area contributed by atoms with Crippen molar-refractivity contribution in [3.05, 3.63) is 64.2 Å². The number of carbonyl (C=O) groups excluding carboxylic acids is 2. The summed E-state index contributed by atoms with van der Waals surface area (Å²) in [6.07, 6.45) is 0. The van der Waals surface area contributed by atoms with Crippen LogP contribution in [0.5, 0.6) is 0 Å². The third-order valence-corrected chi connectivity index (χ3v) is 4.07. The Hall–Kier alpha value is -4.08. The number of rotatable bonds is 5. The molecule has 0 aliphatic carbocycles. The molecular formula is C20H19N5O5. The highest BCUT2D eigenvalue weighted by Gasteiger charge is 2.23. The molecule has 0 aliphatic heterocycles. The molecule has 0 spiro atoms. The minimum absolute atomic E-state index is 0.0688. The summed E-state index contributed by atoms with van der Waals surface area (Å²) in [6.45, 7) is 5.30. The Morgan fingerprint density at radius 3 is 2.30 bits per heavy atom. The molecule has 10 heteroatoms. The molecule has 0 saturated carbocycles. The molecule has 0 bridgehead atoms. The molecular weight excluding hydrogens is 390 g/mol. The van der Waals surface area contributed by atoms with E-state index >= 15 is 0 Å². The number of hydrogen-bond acceptors (Lipinski definition) is 7. The van der Waals surface area contributed by atoms with Gasteiger partial charge in [-0.3, -0.25) is 25.0 Å². The van der Waals surface area contributed by atoms with Gasteiger partial charge in [0.2, 0.25) is 11.8 Å². The van der Waals surface area contributed by atoms with Crippen molar-refractivity contribution in [2.75, 3.05) is 10.6 Å². The standard InChI is InChI=1S/C20H19N5O5/c1-20(2,3)18(27)21-15-7-5-4-6-14(15)16(26)22-19-24-23-17(30-19)12-8-10-13(11-9-12)25(28)29/h4-11H,1-3H3,(H,21,27)(H,22,24,26). The van der Waals surface area contributed by atoms with E-state index in [9.17, 15) is 19.7 Å². The van der Waals surface area contributed by atoms with Gasteiger partial charge in [0.05, 0.1) is 16.2 Å². The van der Waals surface area contributed by atoms with Crippen LogP contribution in [0, 0.1) is 15.5 Å². The summed E-state index contributed by atoms with van der Waals surface area (Å²) in [4.78, 5) is 35.2.